The fraction of sp³-hybridized carbons (Fsp3) is 0.0833. The van der Waals surface area contributed by atoms with Crippen LogP contribution in [0.3, 0.4) is 0 Å². The molecule has 0 saturated carbocycles. The number of carbonyl (C=O) groups excluding carboxylic acids is 2. The van der Waals surface area contributed by atoms with Crippen molar-refractivity contribution in [2.24, 2.45) is 0 Å². The Hall–Kier alpha value is -3.73. The average molecular weight is 461 g/mol. The second-order valence-corrected chi connectivity index (χ2v) is 8.33. The summed E-state index contributed by atoms with van der Waals surface area (Å²) in [6, 6.07) is 16.3. The first kappa shape index (κ1) is 21.5. The van der Waals surface area contributed by atoms with Gasteiger partial charge in [-0.2, -0.15) is 5.26 Å². The van der Waals surface area contributed by atoms with Crippen molar-refractivity contribution < 1.29 is 9.59 Å². The van der Waals surface area contributed by atoms with E-state index in [-0.39, 0.29) is 17.3 Å². The first-order chi connectivity index (χ1) is 15.4. The van der Waals surface area contributed by atoms with Crippen LogP contribution in [0.5, 0.6) is 0 Å². The highest BCUT2D eigenvalue weighted by atomic mass is 35.5. The molecule has 0 aliphatic heterocycles. The Bertz CT molecular complexity index is 1430. The number of rotatable bonds is 5. The van der Waals surface area contributed by atoms with Crippen LogP contribution in [0.15, 0.2) is 59.5 Å². The van der Waals surface area contributed by atoms with Crippen molar-refractivity contribution >= 4 is 62.4 Å². The Kier molecular flexibility index (Phi) is 5.91. The van der Waals surface area contributed by atoms with Gasteiger partial charge >= 0.3 is 0 Å². The number of hydrogen-bond acceptors (Lipinski definition) is 5. The molecule has 0 unspecified atom stereocenters. The van der Waals surface area contributed by atoms with Crippen LogP contribution in [0, 0.1) is 18.3 Å². The van der Waals surface area contributed by atoms with E-state index in [9.17, 15) is 14.9 Å². The number of fused-ring (bicyclic) bond motifs is 1. The van der Waals surface area contributed by atoms with Gasteiger partial charge in [0.05, 0.1) is 16.9 Å². The molecule has 4 aromatic rings. The number of aromatic nitrogens is 2. The lowest BCUT2D eigenvalue weighted by Crippen LogP contribution is -2.22. The number of aryl methyl sites for hydroxylation is 1. The van der Waals surface area contributed by atoms with E-state index in [0.29, 0.717) is 32.8 Å². The third-order valence-electron chi connectivity index (χ3n) is 4.86. The van der Waals surface area contributed by atoms with Gasteiger partial charge in [0.1, 0.15) is 11.6 Å². The van der Waals surface area contributed by atoms with E-state index in [1.54, 1.807) is 36.6 Å². The smallest absolute Gasteiger partial charge is 0.230 e. The molecule has 2 aromatic heterocycles. The van der Waals surface area contributed by atoms with Gasteiger partial charge in [0, 0.05) is 33.9 Å². The van der Waals surface area contributed by atoms with Gasteiger partial charge < -0.3 is 4.98 Å². The first-order valence-corrected chi connectivity index (χ1v) is 10.9. The van der Waals surface area contributed by atoms with E-state index < -0.39 is 0 Å². The molecule has 0 fully saturated rings. The second kappa shape index (κ2) is 8.79. The fourth-order valence-electron chi connectivity index (χ4n) is 3.49. The lowest BCUT2D eigenvalue weighted by Gasteiger charge is -2.18. The Morgan fingerprint density at radius 3 is 2.72 bits per heavy atom. The molecule has 0 radical (unpaired) electrons. The van der Waals surface area contributed by atoms with E-state index in [0.717, 1.165) is 10.9 Å². The molecule has 1 amide bonds. The topological polar surface area (TPSA) is 89.8 Å². The van der Waals surface area contributed by atoms with Crippen molar-refractivity contribution in [2.75, 3.05) is 4.90 Å². The number of thiazole rings is 1. The molecule has 8 heteroatoms. The van der Waals surface area contributed by atoms with E-state index in [2.05, 4.69) is 9.97 Å². The number of hydrogen-bond donors (Lipinski definition) is 1. The second-order valence-electron chi connectivity index (χ2n) is 7.06. The summed E-state index contributed by atoms with van der Waals surface area (Å²) in [6.45, 7) is 3.24. The van der Waals surface area contributed by atoms with Crippen LogP contribution in [0.4, 0.5) is 10.8 Å². The highest BCUT2D eigenvalue weighted by Crippen LogP contribution is 2.31. The lowest BCUT2D eigenvalue weighted by atomic mass is 10.0. The zero-order chi connectivity index (χ0) is 22.8. The molecule has 0 spiro atoms. The maximum atomic E-state index is 13.2. The molecule has 0 atom stereocenters. The number of ketones is 1. The van der Waals surface area contributed by atoms with E-state index >= 15 is 0 Å². The molecule has 1 N–H and O–H groups in total. The Morgan fingerprint density at radius 1 is 1.22 bits per heavy atom. The summed E-state index contributed by atoms with van der Waals surface area (Å²) in [6.07, 6.45) is 1.44. The van der Waals surface area contributed by atoms with Crippen molar-refractivity contribution in [1.29, 1.82) is 5.26 Å². The summed E-state index contributed by atoms with van der Waals surface area (Å²) in [5.41, 5.74) is 2.96. The normalized spacial score (nSPS) is 11.4. The minimum absolute atomic E-state index is 0.0353. The summed E-state index contributed by atoms with van der Waals surface area (Å²) >= 11 is 7.30. The fourth-order valence-corrected chi connectivity index (χ4v) is 4.52. The highest BCUT2D eigenvalue weighted by Gasteiger charge is 2.21. The van der Waals surface area contributed by atoms with Gasteiger partial charge in [-0.25, -0.2) is 4.98 Å². The average Bonchev–Trinajstić information content (AvgIpc) is 3.34. The largest absolute Gasteiger partial charge is 0.358 e. The summed E-state index contributed by atoms with van der Waals surface area (Å²) in [5.74, 6) is -0.613. The monoisotopic (exact) mass is 460 g/mol. The number of H-pyrrole nitrogens is 1. The lowest BCUT2D eigenvalue weighted by molar-refractivity contribution is -0.115. The third kappa shape index (κ3) is 4.06. The first-order valence-electron chi connectivity index (χ1n) is 9.64. The van der Waals surface area contributed by atoms with E-state index in [4.69, 9.17) is 11.6 Å². The zero-order valence-electron chi connectivity index (χ0n) is 17.2. The van der Waals surface area contributed by atoms with Gasteiger partial charge in [0.2, 0.25) is 11.7 Å². The quantitative estimate of drug-likeness (QED) is 0.222. The molecule has 0 saturated heterocycles. The maximum Gasteiger partial charge on any atom is 0.230 e. The summed E-state index contributed by atoms with van der Waals surface area (Å²) in [5, 5.41) is 13.1. The van der Waals surface area contributed by atoms with Crippen LogP contribution in [-0.4, -0.2) is 21.7 Å². The molecule has 0 aliphatic rings. The predicted octanol–water partition coefficient (Wildman–Crippen LogP) is 6.06. The maximum absolute atomic E-state index is 13.2. The van der Waals surface area contributed by atoms with Gasteiger partial charge in [-0.3, -0.25) is 14.5 Å². The van der Waals surface area contributed by atoms with E-state index in [1.165, 1.54) is 29.2 Å². The number of anilines is 2. The molecule has 2 heterocycles. The summed E-state index contributed by atoms with van der Waals surface area (Å²) in [4.78, 5) is 34.5. The molecular weight excluding hydrogens is 444 g/mol. The van der Waals surface area contributed by atoms with Gasteiger partial charge in [0.25, 0.3) is 0 Å². The number of amides is 1. The van der Waals surface area contributed by atoms with Gasteiger partial charge in [-0.05, 0) is 37.3 Å². The SMILES string of the molecule is CC(=O)N(c1cccc(Cl)c1)c1nc(/C=C(\C#N)C(=O)c2c(C)[nH]c3ccccc23)cs1. The van der Waals surface area contributed by atoms with Gasteiger partial charge in [0.15, 0.2) is 5.13 Å². The van der Waals surface area contributed by atoms with E-state index in [1.807, 2.05) is 30.3 Å². The number of nitrogens with one attached hydrogen (secondary N) is 1. The van der Waals surface area contributed by atoms with Crippen LogP contribution in [0.25, 0.3) is 17.0 Å². The number of nitriles is 1. The predicted molar refractivity (Wildman–Crippen MR) is 127 cm³/mol. The standard InChI is InChI=1S/C24H17ClN4O2S/c1-14-22(20-8-3-4-9-21(20)27-14)23(31)16(12-26)10-18-13-32-24(28-18)29(15(2)30)19-7-5-6-17(25)11-19/h3-11,13,27H,1-2H3/b16-10+. The number of Topliss-reactive ketones (excluding diaryl/α,β-unsaturated/α-hetero) is 1. The van der Waals surface area contributed by atoms with Crippen molar-refractivity contribution in [3.05, 3.63) is 81.5 Å². The molecular formula is C24H17ClN4O2S. The number of benzene rings is 2. The van der Waals surface area contributed by atoms with Crippen LogP contribution in [0.2, 0.25) is 5.02 Å². The molecule has 6 nitrogen and oxygen atoms in total. The van der Waals surface area contributed by atoms with Gasteiger partial charge in [-0.1, -0.05) is 35.9 Å². The van der Waals surface area contributed by atoms with Crippen LogP contribution < -0.4 is 4.90 Å². The van der Waals surface area contributed by atoms with Crippen molar-refractivity contribution in [3.63, 3.8) is 0 Å². The van der Waals surface area contributed by atoms with Crippen LogP contribution >= 0.6 is 22.9 Å². The molecule has 158 valence electrons. The third-order valence-corrected chi connectivity index (χ3v) is 5.94. The molecule has 0 aliphatic carbocycles. The summed E-state index contributed by atoms with van der Waals surface area (Å²) < 4.78 is 0. The van der Waals surface area contributed by atoms with Crippen molar-refractivity contribution in [3.8, 4) is 6.07 Å². The molecule has 32 heavy (non-hydrogen) atoms. The molecule has 4 rings (SSSR count). The van der Waals surface area contributed by atoms with Crippen molar-refractivity contribution in [2.45, 2.75) is 13.8 Å². The minimum Gasteiger partial charge on any atom is -0.358 e. The zero-order valence-corrected chi connectivity index (χ0v) is 18.8. The Morgan fingerprint density at radius 2 is 2.00 bits per heavy atom. The van der Waals surface area contributed by atoms with Gasteiger partial charge in [-0.15, -0.1) is 11.3 Å². The highest BCUT2D eigenvalue weighted by molar-refractivity contribution is 7.14. The molecule has 0 bridgehead atoms. The number of para-hydroxylation sites is 1. The van der Waals surface area contributed by atoms with Crippen molar-refractivity contribution in [1.82, 2.24) is 9.97 Å². The Balaban J connectivity index is 1.70. The van der Waals surface area contributed by atoms with Crippen LogP contribution in [0.1, 0.15) is 28.7 Å². The number of aromatic amines is 1. The molecule has 2 aromatic carbocycles. The Labute approximate surface area is 193 Å². The number of halogens is 1. The summed E-state index contributed by atoms with van der Waals surface area (Å²) in [7, 11) is 0. The number of allylic oxidation sites excluding steroid dienone is 1. The minimum atomic E-state index is -0.379. The number of carbonyl (C=O) groups is 2. The van der Waals surface area contributed by atoms with Crippen LogP contribution in [-0.2, 0) is 4.79 Å². The number of nitrogens with zero attached hydrogens (tertiary/aromatic N) is 3.